The van der Waals surface area contributed by atoms with Crippen molar-refractivity contribution in [2.45, 2.75) is 44.6 Å². The molecule has 1 unspecified atom stereocenters. The van der Waals surface area contributed by atoms with Gasteiger partial charge in [-0.25, -0.2) is 4.21 Å². The Balaban J connectivity index is 2.73. The second-order valence-electron chi connectivity index (χ2n) is 3.40. The Morgan fingerprint density at radius 2 is 1.92 bits per heavy atom. The molecule has 76 valence electrons. The van der Waals surface area contributed by atoms with Crippen molar-refractivity contribution in [3.05, 3.63) is 0 Å². The molecule has 1 saturated carbocycles. The Labute approximate surface area is 80.1 Å². The van der Waals surface area contributed by atoms with Gasteiger partial charge in [-0.05, 0) is 19.8 Å². The lowest BCUT2D eigenvalue weighted by molar-refractivity contribution is -0.134. The third-order valence-electron chi connectivity index (χ3n) is 2.53. The Morgan fingerprint density at radius 3 is 2.31 bits per heavy atom. The maximum absolute atomic E-state index is 11.3. The lowest BCUT2D eigenvalue weighted by atomic mass is 9.82. The molecule has 0 radical (unpaired) electrons. The van der Waals surface area contributed by atoms with Crippen LogP contribution in [0.3, 0.4) is 0 Å². The minimum atomic E-state index is -2.59. The zero-order valence-corrected chi connectivity index (χ0v) is 8.39. The van der Waals surface area contributed by atoms with Crippen LogP contribution < -0.4 is 0 Å². The van der Waals surface area contributed by atoms with E-state index in [9.17, 15) is 13.6 Å². The van der Waals surface area contributed by atoms with Crippen molar-refractivity contribution in [2.75, 3.05) is 0 Å². The van der Waals surface area contributed by atoms with E-state index in [-0.39, 0.29) is 5.78 Å². The average molecular weight is 205 g/mol. The van der Waals surface area contributed by atoms with Gasteiger partial charge in [-0.1, -0.05) is 19.3 Å². The van der Waals surface area contributed by atoms with Gasteiger partial charge < -0.3 is 4.55 Å². The van der Waals surface area contributed by atoms with Crippen LogP contribution >= 0.6 is 0 Å². The maximum atomic E-state index is 11.3. The predicted octanol–water partition coefficient (Wildman–Crippen LogP) is 1.09. The summed E-state index contributed by atoms with van der Waals surface area (Å²) in [5, 5.41) is 0. The van der Waals surface area contributed by atoms with Crippen molar-refractivity contribution in [1.29, 1.82) is 0 Å². The minimum absolute atomic E-state index is 0.184. The second-order valence-corrected chi connectivity index (χ2v) is 3.97. The highest BCUT2D eigenvalue weighted by Gasteiger charge is 2.38. The lowest BCUT2D eigenvalue weighted by Gasteiger charge is -2.34. The summed E-state index contributed by atoms with van der Waals surface area (Å²) in [6.45, 7) is 1.39. The fraction of sp³-hybridized carbons (Fsp3) is 0.875. The van der Waals surface area contributed by atoms with Crippen LogP contribution in [0.4, 0.5) is 0 Å². The molecule has 0 aromatic heterocycles. The Morgan fingerprint density at radius 1 is 1.38 bits per heavy atom. The van der Waals surface area contributed by atoms with E-state index >= 15 is 0 Å². The number of carbonyl (C=O) groups is 1. The normalized spacial score (nSPS) is 23.8. The zero-order chi connectivity index (χ0) is 9.90. The SMILES string of the molecule is CC(=O)C1(OS(=O)[O-])CCCCC1. The number of ketones is 1. The molecule has 1 rings (SSSR count). The molecule has 1 aliphatic carbocycles. The van der Waals surface area contributed by atoms with Gasteiger partial charge in [-0.2, -0.15) is 0 Å². The average Bonchev–Trinajstić information content (AvgIpc) is 2.04. The van der Waals surface area contributed by atoms with Gasteiger partial charge in [0.25, 0.3) is 0 Å². The number of rotatable bonds is 3. The fourth-order valence-corrected chi connectivity index (χ4v) is 2.29. The molecule has 13 heavy (non-hydrogen) atoms. The molecule has 4 nitrogen and oxygen atoms in total. The highest BCUT2D eigenvalue weighted by atomic mass is 32.2. The summed E-state index contributed by atoms with van der Waals surface area (Å²) in [6.07, 6.45) is 3.81. The lowest BCUT2D eigenvalue weighted by Crippen LogP contribution is -2.42. The van der Waals surface area contributed by atoms with Crippen molar-refractivity contribution in [1.82, 2.24) is 0 Å². The van der Waals surface area contributed by atoms with Gasteiger partial charge in [0.2, 0.25) is 0 Å². The number of carbonyl (C=O) groups excluding carboxylic acids is 1. The molecule has 1 aliphatic rings. The molecule has 5 heteroatoms. The van der Waals surface area contributed by atoms with Gasteiger partial charge in [0.15, 0.2) is 5.78 Å². The summed E-state index contributed by atoms with van der Waals surface area (Å²) in [5.41, 5.74) is -1.05. The molecule has 1 fully saturated rings. The molecule has 0 N–H and O–H groups in total. The Bertz CT molecular complexity index is 220. The molecular weight excluding hydrogens is 192 g/mol. The zero-order valence-electron chi connectivity index (χ0n) is 7.58. The minimum Gasteiger partial charge on any atom is -0.750 e. The third kappa shape index (κ3) is 2.59. The van der Waals surface area contributed by atoms with E-state index < -0.39 is 17.0 Å². The quantitative estimate of drug-likeness (QED) is 0.647. The molecule has 1 atom stereocenters. The van der Waals surface area contributed by atoms with Gasteiger partial charge >= 0.3 is 0 Å². The van der Waals surface area contributed by atoms with Crippen molar-refractivity contribution < 1.29 is 17.7 Å². The largest absolute Gasteiger partial charge is 0.750 e. The van der Waals surface area contributed by atoms with Crippen LogP contribution in [0.25, 0.3) is 0 Å². The van der Waals surface area contributed by atoms with Crippen LogP contribution in [0.15, 0.2) is 0 Å². The van der Waals surface area contributed by atoms with Crippen LogP contribution in [-0.4, -0.2) is 20.1 Å². The van der Waals surface area contributed by atoms with Crippen molar-refractivity contribution in [2.24, 2.45) is 0 Å². The van der Waals surface area contributed by atoms with E-state index in [1.807, 2.05) is 0 Å². The first-order valence-electron chi connectivity index (χ1n) is 4.37. The van der Waals surface area contributed by atoms with Gasteiger partial charge in [0, 0.05) is 0 Å². The second kappa shape index (κ2) is 4.30. The molecule has 0 amide bonds. The smallest absolute Gasteiger partial charge is 0.162 e. The Hall–Kier alpha value is -0.260. The van der Waals surface area contributed by atoms with E-state index in [1.165, 1.54) is 6.92 Å². The van der Waals surface area contributed by atoms with Crippen LogP contribution in [0.5, 0.6) is 0 Å². The first kappa shape index (κ1) is 10.8. The highest BCUT2D eigenvalue weighted by Crippen LogP contribution is 2.32. The highest BCUT2D eigenvalue weighted by molar-refractivity contribution is 7.74. The van der Waals surface area contributed by atoms with E-state index in [4.69, 9.17) is 4.18 Å². The third-order valence-corrected chi connectivity index (χ3v) is 2.99. The van der Waals surface area contributed by atoms with Crippen LogP contribution in [-0.2, 0) is 20.3 Å². The van der Waals surface area contributed by atoms with E-state index in [1.54, 1.807) is 0 Å². The number of Topliss-reactive ketones (excluding diaryl/α,β-unsaturated/α-hetero) is 1. The van der Waals surface area contributed by atoms with E-state index in [0.717, 1.165) is 19.3 Å². The van der Waals surface area contributed by atoms with Crippen molar-refractivity contribution in [3.8, 4) is 0 Å². The summed E-state index contributed by atoms with van der Waals surface area (Å²) >= 11 is -2.59. The van der Waals surface area contributed by atoms with Gasteiger partial charge in [-0.3, -0.25) is 8.98 Å². The van der Waals surface area contributed by atoms with Gasteiger partial charge in [0.1, 0.15) is 5.60 Å². The predicted molar refractivity (Wildman–Crippen MR) is 46.5 cm³/mol. The van der Waals surface area contributed by atoms with E-state index in [0.29, 0.717) is 12.8 Å². The summed E-state index contributed by atoms with van der Waals surface area (Å²) in [5.74, 6) is -0.184. The molecular formula is C8H13O4S-. The molecule has 0 aromatic rings. The van der Waals surface area contributed by atoms with Crippen LogP contribution in [0, 0.1) is 0 Å². The summed E-state index contributed by atoms with van der Waals surface area (Å²) in [6, 6.07) is 0. The number of hydrogen-bond acceptors (Lipinski definition) is 4. The van der Waals surface area contributed by atoms with Crippen LogP contribution in [0.2, 0.25) is 0 Å². The van der Waals surface area contributed by atoms with Crippen molar-refractivity contribution >= 4 is 17.1 Å². The van der Waals surface area contributed by atoms with Crippen molar-refractivity contribution in [3.63, 3.8) is 0 Å². The first-order chi connectivity index (χ1) is 6.07. The van der Waals surface area contributed by atoms with Gasteiger partial charge in [0.05, 0.1) is 11.4 Å². The molecule has 0 bridgehead atoms. The monoisotopic (exact) mass is 205 g/mol. The Kier molecular flexibility index (Phi) is 3.58. The standard InChI is InChI=1S/C8H14O4S/c1-7(9)8(12-13(10)11)5-3-2-4-6-8/h2-6H2,1H3,(H,10,11)/p-1. The fourth-order valence-electron chi connectivity index (χ4n) is 1.75. The summed E-state index contributed by atoms with van der Waals surface area (Å²) in [7, 11) is 0. The van der Waals surface area contributed by atoms with Crippen LogP contribution in [0.1, 0.15) is 39.0 Å². The first-order valence-corrected chi connectivity index (χ1v) is 5.37. The maximum Gasteiger partial charge on any atom is 0.162 e. The molecule has 0 aliphatic heterocycles. The van der Waals surface area contributed by atoms with E-state index in [2.05, 4.69) is 0 Å². The number of hydrogen-bond donors (Lipinski definition) is 0. The molecule has 0 spiro atoms. The molecule has 0 aromatic carbocycles. The van der Waals surface area contributed by atoms with Gasteiger partial charge in [-0.15, -0.1) is 0 Å². The molecule has 0 saturated heterocycles. The topological polar surface area (TPSA) is 66.4 Å². The summed E-state index contributed by atoms with van der Waals surface area (Å²) < 4.78 is 25.5. The molecule has 0 heterocycles. The summed E-state index contributed by atoms with van der Waals surface area (Å²) in [4.78, 5) is 11.3.